The van der Waals surface area contributed by atoms with E-state index >= 15 is 0 Å². The highest BCUT2D eigenvalue weighted by molar-refractivity contribution is 6.14. The zero-order valence-corrected chi connectivity index (χ0v) is 20.9. The normalized spacial score (nSPS) is 11.3. The van der Waals surface area contributed by atoms with E-state index in [9.17, 15) is 9.59 Å². The lowest BCUT2D eigenvalue weighted by atomic mass is 10.2. The van der Waals surface area contributed by atoms with Crippen molar-refractivity contribution in [2.45, 2.75) is 6.54 Å². The van der Waals surface area contributed by atoms with E-state index in [4.69, 9.17) is 14.7 Å². The minimum absolute atomic E-state index is 0.256. The second kappa shape index (κ2) is 11.5. The molecule has 0 atom stereocenters. The molecule has 38 heavy (non-hydrogen) atoms. The zero-order chi connectivity index (χ0) is 26.3. The third-order valence-corrected chi connectivity index (χ3v) is 6.02. The highest BCUT2D eigenvalue weighted by Gasteiger charge is 2.26. The number of hydrogen-bond acceptors (Lipinski definition) is 5. The Morgan fingerprint density at radius 2 is 1.55 bits per heavy atom. The molecular weight excluding hydrogens is 478 g/mol. The van der Waals surface area contributed by atoms with Gasteiger partial charge in [-0.25, -0.2) is 9.97 Å². The first-order valence-corrected chi connectivity index (χ1v) is 12.3. The van der Waals surface area contributed by atoms with Gasteiger partial charge in [0, 0.05) is 19.7 Å². The van der Waals surface area contributed by atoms with E-state index in [1.165, 1.54) is 6.08 Å². The molecule has 8 nitrogen and oxygen atoms in total. The SMILES string of the molecule is COCCNC(=O)c1c(NC(=O)/C=C/c2ccccc2)n(Cc2ccccc2)c2nc3ccccc3nc12. The summed E-state index contributed by atoms with van der Waals surface area (Å²) in [5.41, 5.74) is 4.40. The molecule has 0 aliphatic rings. The van der Waals surface area contributed by atoms with E-state index in [0.717, 1.165) is 11.1 Å². The Bertz CT molecular complexity index is 1610. The molecule has 0 radical (unpaired) electrons. The number of ether oxygens (including phenoxy) is 1. The minimum Gasteiger partial charge on any atom is -0.383 e. The first kappa shape index (κ1) is 24.9. The maximum Gasteiger partial charge on any atom is 0.257 e. The number of para-hydroxylation sites is 2. The van der Waals surface area contributed by atoms with Crippen LogP contribution in [0.3, 0.4) is 0 Å². The van der Waals surface area contributed by atoms with Crippen LogP contribution in [0.2, 0.25) is 0 Å². The number of amides is 2. The summed E-state index contributed by atoms with van der Waals surface area (Å²) < 4.78 is 6.94. The summed E-state index contributed by atoms with van der Waals surface area (Å²) >= 11 is 0. The molecule has 0 spiro atoms. The number of hydrogen-bond donors (Lipinski definition) is 2. The number of nitrogens with one attached hydrogen (secondary N) is 2. The Hall–Kier alpha value is -4.82. The fraction of sp³-hybridized carbons (Fsp3) is 0.133. The van der Waals surface area contributed by atoms with Crippen molar-refractivity contribution < 1.29 is 14.3 Å². The highest BCUT2D eigenvalue weighted by atomic mass is 16.5. The van der Waals surface area contributed by atoms with Gasteiger partial charge in [-0.2, -0.15) is 0 Å². The Morgan fingerprint density at radius 3 is 2.26 bits per heavy atom. The van der Waals surface area contributed by atoms with Crippen LogP contribution >= 0.6 is 0 Å². The number of carbonyl (C=O) groups is 2. The molecule has 0 saturated heterocycles. The van der Waals surface area contributed by atoms with Crippen molar-refractivity contribution in [1.29, 1.82) is 0 Å². The van der Waals surface area contributed by atoms with Crippen molar-refractivity contribution in [3.05, 3.63) is 108 Å². The van der Waals surface area contributed by atoms with Gasteiger partial charge in [-0.05, 0) is 29.3 Å². The fourth-order valence-corrected chi connectivity index (χ4v) is 4.21. The molecule has 0 bridgehead atoms. The minimum atomic E-state index is -0.374. The third-order valence-electron chi connectivity index (χ3n) is 6.02. The number of rotatable bonds is 9. The Morgan fingerprint density at radius 1 is 0.895 bits per heavy atom. The summed E-state index contributed by atoms with van der Waals surface area (Å²) in [5.74, 6) is -0.413. The number of nitrogens with zero attached hydrogens (tertiary/aromatic N) is 3. The molecule has 5 aromatic rings. The van der Waals surface area contributed by atoms with Gasteiger partial charge in [-0.1, -0.05) is 72.8 Å². The lowest BCUT2D eigenvalue weighted by Crippen LogP contribution is -2.28. The van der Waals surface area contributed by atoms with E-state index in [2.05, 4.69) is 10.6 Å². The molecule has 2 heterocycles. The Kier molecular flexibility index (Phi) is 7.52. The second-order valence-electron chi connectivity index (χ2n) is 8.66. The number of methoxy groups -OCH3 is 1. The van der Waals surface area contributed by atoms with Crippen molar-refractivity contribution in [3.8, 4) is 0 Å². The van der Waals surface area contributed by atoms with Gasteiger partial charge in [0.05, 0.1) is 24.2 Å². The maximum absolute atomic E-state index is 13.5. The average Bonchev–Trinajstić information content (AvgIpc) is 3.23. The fourth-order valence-electron chi connectivity index (χ4n) is 4.21. The van der Waals surface area contributed by atoms with Crippen LogP contribution in [-0.2, 0) is 16.1 Å². The van der Waals surface area contributed by atoms with Crippen LogP contribution in [0.1, 0.15) is 21.5 Å². The van der Waals surface area contributed by atoms with Gasteiger partial charge >= 0.3 is 0 Å². The molecule has 5 rings (SSSR count). The smallest absolute Gasteiger partial charge is 0.257 e. The summed E-state index contributed by atoms with van der Waals surface area (Å²) in [4.78, 5) is 36.3. The topological polar surface area (TPSA) is 98.1 Å². The Balaban J connectivity index is 1.65. The molecule has 0 aliphatic carbocycles. The molecule has 0 fully saturated rings. The summed E-state index contributed by atoms with van der Waals surface area (Å²) in [5, 5.41) is 5.82. The molecule has 0 saturated carbocycles. The van der Waals surface area contributed by atoms with Gasteiger partial charge in [0.2, 0.25) is 5.91 Å². The van der Waals surface area contributed by atoms with Crippen molar-refractivity contribution in [2.75, 3.05) is 25.6 Å². The number of carbonyl (C=O) groups excluding carboxylic acids is 2. The van der Waals surface area contributed by atoms with Crippen molar-refractivity contribution in [3.63, 3.8) is 0 Å². The summed E-state index contributed by atoms with van der Waals surface area (Å²) in [7, 11) is 1.57. The van der Waals surface area contributed by atoms with Crippen LogP contribution < -0.4 is 10.6 Å². The highest BCUT2D eigenvalue weighted by Crippen LogP contribution is 2.31. The van der Waals surface area contributed by atoms with Crippen LogP contribution in [0.25, 0.3) is 28.3 Å². The van der Waals surface area contributed by atoms with E-state index in [0.29, 0.717) is 47.7 Å². The van der Waals surface area contributed by atoms with Crippen LogP contribution in [0.4, 0.5) is 5.82 Å². The first-order chi connectivity index (χ1) is 18.6. The molecule has 2 aromatic heterocycles. The molecule has 2 amide bonds. The number of anilines is 1. The number of fused-ring (bicyclic) bond motifs is 2. The van der Waals surface area contributed by atoms with Gasteiger partial charge in [0.25, 0.3) is 5.91 Å². The lowest BCUT2D eigenvalue weighted by molar-refractivity contribution is -0.111. The number of benzene rings is 3. The van der Waals surface area contributed by atoms with Gasteiger partial charge < -0.3 is 19.9 Å². The average molecular weight is 506 g/mol. The van der Waals surface area contributed by atoms with E-state index in [1.54, 1.807) is 13.2 Å². The van der Waals surface area contributed by atoms with Crippen LogP contribution in [0.5, 0.6) is 0 Å². The standard InChI is InChI=1S/C30H27N5O3/c1-38-19-18-31-30(37)26-27-29(33-24-15-9-8-14-23(24)32-27)35(20-22-12-6-3-7-13-22)28(26)34-25(36)17-16-21-10-4-2-5-11-21/h2-17H,18-20H2,1H3,(H,31,37)(H,34,36)/b17-16+. The van der Waals surface area contributed by atoms with E-state index in [-0.39, 0.29) is 17.4 Å². The predicted molar refractivity (Wildman–Crippen MR) is 149 cm³/mol. The van der Waals surface area contributed by atoms with Gasteiger partial charge in [0.15, 0.2) is 5.65 Å². The van der Waals surface area contributed by atoms with Crippen LogP contribution in [0.15, 0.2) is 91.0 Å². The summed E-state index contributed by atoms with van der Waals surface area (Å²) in [6.45, 7) is 1.04. The second-order valence-corrected chi connectivity index (χ2v) is 8.66. The molecule has 8 heteroatoms. The maximum atomic E-state index is 13.5. The molecule has 0 unspecified atom stereocenters. The lowest BCUT2D eigenvalue weighted by Gasteiger charge is -2.12. The van der Waals surface area contributed by atoms with Gasteiger partial charge in [0.1, 0.15) is 16.9 Å². The molecule has 0 aliphatic heterocycles. The van der Waals surface area contributed by atoms with E-state index < -0.39 is 0 Å². The molecule has 2 N–H and O–H groups in total. The van der Waals surface area contributed by atoms with Crippen molar-refractivity contribution in [1.82, 2.24) is 19.9 Å². The largest absolute Gasteiger partial charge is 0.383 e. The molecule has 3 aromatic carbocycles. The quantitative estimate of drug-likeness (QED) is 0.224. The van der Waals surface area contributed by atoms with Crippen LogP contribution in [0, 0.1) is 0 Å². The zero-order valence-electron chi connectivity index (χ0n) is 20.9. The first-order valence-electron chi connectivity index (χ1n) is 12.3. The summed E-state index contributed by atoms with van der Waals surface area (Å²) in [6.07, 6.45) is 3.17. The summed E-state index contributed by atoms with van der Waals surface area (Å²) in [6, 6.07) is 26.8. The van der Waals surface area contributed by atoms with E-state index in [1.807, 2.05) is 89.5 Å². The van der Waals surface area contributed by atoms with Crippen LogP contribution in [-0.4, -0.2) is 46.6 Å². The third kappa shape index (κ3) is 5.45. The monoisotopic (exact) mass is 505 g/mol. The molecule has 190 valence electrons. The van der Waals surface area contributed by atoms with Gasteiger partial charge in [-0.3, -0.25) is 9.59 Å². The number of aromatic nitrogens is 3. The predicted octanol–water partition coefficient (Wildman–Crippen LogP) is 4.66. The van der Waals surface area contributed by atoms with Gasteiger partial charge in [-0.15, -0.1) is 0 Å². The molecular formula is C30H27N5O3. The van der Waals surface area contributed by atoms with Crippen molar-refractivity contribution >= 4 is 45.9 Å². The van der Waals surface area contributed by atoms with Crippen molar-refractivity contribution in [2.24, 2.45) is 0 Å². The Labute approximate surface area is 220 Å².